The summed E-state index contributed by atoms with van der Waals surface area (Å²) >= 11 is 4.92. The molecule has 0 saturated carbocycles. The van der Waals surface area contributed by atoms with E-state index in [4.69, 9.17) is 22.7 Å². The summed E-state index contributed by atoms with van der Waals surface area (Å²) < 4.78 is 5.03. The van der Waals surface area contributed by atoms with Crippen LogP contribution in [0.4, 0.5) is 4.79 Å². The summed E-state index contributed by atoms with van der Waals surface area (Å²) in [7, 11) is 0. The maximum absolute atomic E-state index is 11.7. The van der Waals surface area contributed by atoms with Crippen molar-refractivity contribution in [3.05, 3.63) is 35.4 Å². The third kappa shape index (κ3) is 4.96. The minimum absolute atomic E-state index is 0.204. The first kappa shape index (κ1) is 16.7. The van der Waals surface area contributed by atoms with E-state index in [1.54, 1.807) is 4.90 Å². The van der Waals surface area contributed by atoms with Crippen LogP contribution in [0.1, 0.15) is 18.1 Å². The van der Waals surface area contributed by atoms with Crippen molar-refractivity contribution in [1.29, 1.82) is 0 Å². The second-order valence-corrected chi connectivity index (χ2v) is 5.95. The lowest BCUT2D eigenvalue weighted by atomic mass is 10.1. The molecular weight excluding hydrogens is 298 g/mol. The van der Waals surface area contributed by atoms with Crippen molar-refractivity contribution < 1.29 is 9.53 Å². The Balaban J connectivity index is 1.80. The van der Waals surface area contributed by atoms with Crippen LogP contribution in [-0.2, 0) is 17.7 Å². The van der Waals surface area contributed by atoms with Crippen LogP contribution in [-0.4, -0.2) is 53.7 Å². The number of ether oxygens (including phenoxy) is 1. The molecule has 5 nitrogen and oxygen atoms in total. The molecule has 1 aromatic carbocycles. The van der Waals surface area contributed by atoms with Gasteiger partial charge in [0.1, 0.15) is 0 Å². The molecule has 6 heteroatoms. The zero-order valence-electron chi connectivity index (χ0n) is 13.0. The van der Waals surface area contributed by atoms with E-state index >= 15 is 0 Å². The van der Waals surface area contributed by atoms with E-state index in [2.05, 4.69) is 29.2 Å². The number of benzene rings is 1. The van der Waals surface area contributed by atoms with E-state index in [0.717, 1.165) is 38.3 Å². The Kier molecular flexibility index (Phi) is 6.15. The minimum atomic E-state index is -0.204. The molecule has 0 unspecified atom stereocenters. The smallest absolute Gasteiger partial charge is 0.409 e. The molecule has 0 aliphatic carbocycles. The molecule has 0 aromatic heterocycles. The van der Waals surface area contributed by atoms with E-state index in [1.807, 2.05) is 6.92 Å². The molecule has 1 aliphatic heterocycles. The number of thiocarbonyl (C=S) groups is 1. The number of nitrogens with two attached hydrogens (primary N) is 1. The van der Waals surface area contributed by atoms with Crippen molar-refractivity contribution in [3.8, 4) is 0 Å². The van der Waals surface area contributed by atoms with Crippen LogP contribution in [0.5, 0.6) is 0 Å². The third-order valence-electron chi connectivity index (χ3n) is 3.71. The van der Waals surface area contributed by atoms with Gasteiger partial charge in [-0.05, 0) is 18.1 Å². The Bertz CT molecular complexity index is 511. The summed E-state index contributed by atoms with van der Waals surface area (Å²) in [6.07, 6.45) is 0.442. The second kappa shape index (κ2) is 8.10. The molecule has 1 aromatic rings. The van der Waals surface area contributed by atoms with E-state index in [9.17, 15) is 4.79 Å². The Morgan fingerprint density at radius 2 is 1.77 bits per heavy atom. The van der Waals surface area contributed by atoms with Crippen molar-refractivity contribution in [1.82, 2.24) is 9.80 Å². The lowest BCUT2D eigenvalue weighted by Crippen LogP contribution is -2.48. The van der Waals surface area contributed by atoms with Crippen LogP contribution in [0.2, 0.25) is 0 Å². The topological polar surface area (TPSA) is 58.8 Å². The zero-order valence-corrected chi connectivity index (χ0v) is 13.8. The lowest BCUT2D eigenvalue weighted by molar-refractivity contribution is 0.0778. The van der Waals surface area contributed by atoms with Crippen molar-refractivity contribution >= 4 is 23.3 Å². The Hall–Kier alpha value is -1.66. The summed E-state index contributed by atoms with van der Waals surface area (Å²) in [6.45, 7) is 6.33. The number of rotatable bonds is 5. The molecule has 0 radical (unpaired) electrons. The molecule has 1 aliphatic rings. The van der Waals surface area contributed by atoms with Crippen LogP contribution < -0.4 is 5.73 Å². The van der Waals surface area contributed by atoms with Crippen LogP contribution in [0, 0.1) is 0 Å². The van der Waals surface area contributed by atoms with Gasteiger partial charge >= 0.3 is 6.09 Å². The average Bonchev–Trinajstić information content (AvgIpc) is 2.50. The van der Waals surface area contributed by atoms with Gasteiger partial charge in [-0.2, -0.15) is 0 Å². The molecule has 2 N–H and O–H groups in total. The van der Waals surface area contributed by atoms with Gasteiger partial charge in [0.05, 0.1) is 11.6 Å². The van der Waals surface area contributed by atoms with Gasteiger partial charge in [-0.1, -0.05) is 36.5 Å². The summed E-state index contributed by atoms with van der Waals surface area (Å²) in [6, 6.07) is 8.38. The van der Waals surface area contributed by atoms with Gasteiger partial charge in [0, 0.05) is 39.1 Å². The number of carbonyl (C=O) groups is 1. The molecule has 1 heterocycles. The van der Waals surface area contributed by atoms with E-state index in [-0.39, 0.29) is 6.09 Å². The van der Waals surface area contributed by atoms with Gasteiger partial charge in [-0.15, -0.1) is 0 Å². The Morgan fingerprint density at radius 1 is 1.18 bits per heavy atom. The number of amides is 1. The third-order valence-corrected chi connectivity index (χ3v) is 3.85. The van der Waals surface area contributed by atoms with Crippen molar-refractivity contribution in [2.75, 3.05) is 32.8 Å². The summed E-state index contributed by atoms with van der Waals surface area (Å²) in [5.41, 5.74) is 7.95. The van der Waals surface area contributed by atoms with Gasteiger partial charge in [0.2, 0.25) is 0 Å². The molecule has 0 atom stereocenters. The molecule has 2 rings (SSSR count). The first-order valence-corrected chi connectivity index (χ1v) is 7.99. The predicted octanol–water partition coefficient (Wildman–Crippen LogP) is 1.79. The highest BCUT2D eigenvalue weighted by molar-refractivity contribution is 7.80. The summed E-state index contributed by atoms with van der Waals surface area (Å²) in [5.74, 6) is 0. The zero-order chi connectivity index (χ0) is 15.9. The molecule has 0 bridgehead atoms. The van der Waals surface area contributed by atoms with E-state index in [0.29, 0.717) is 18.0 Å². The van der Waals surface area contributed by atoms with Crippen LogP contribution >= 0.6 is 12.2 Å². The number of hydrogen-bond donors (Lipinski definition) is 1. The fraction of sp³-hybridized carbons (Fsp3) is 0.500. The van der Waals surface area contributed by atoms with E-state index in [1.165, 1.54) is 5.56 Å². The minimum Gasteiger partial charge on any atom is -0.450 e. The highest BCUT2D eigenvalue weighted by Crippen LogP contribution is 2.11. The van der Waals surface area contributed by atoms with Crippen LogP contribution in [0.3, 0.4) is 0 Å². The number of hydrogen-bond acceptors (Lipinski definition) is 4. The first-order chi connectivity index (χ1) is 10.6. The normalized spacial score (nSPS) is 15.6. The standard InChI is InChI=1S/C16H23N3O2S/c1-2-21-16(20)19-9-7-18(8-10-19)12-14-5-3-13(4-6-14)11-15(17)22/h3-6H,2,7-12H2,1H3,(H2,17,22). The van der Waals surface area contributed by atoms with Crippen LogP contribution in [0.15, 0.2) is 24.3 Å². The maximum Gasteiger partial charge on any atom is 0.409 e. The lowest BCUT2D eigenvalue weighted by Gasteiger charge is -2.34. The Morgan fingerprint density at radius 3 is 2.32 bits per heavy atom. The largest absolute Gasteiger partial charge is 0.450 e. The van der Waals surface area contributed by atoms with Gasteiger partial charge < -0.3 is 15.4 Å². The SMILES string of the molecule is CCOC(=O)N1CCN(Cc2ccc(CC(N)=S)cc2)CC1. The van der Waals surface area contributed by atoms with Gasteiger partial charge in [0.15, 0.2) is 0 Å². The summed E-state index contributed by atoms with van der Waals surface area (Å²) in [5, 5.41) is 0. The molecular formula is C16H23N3O2S. The highest BCUT2D eigenvalue weighted by atomic mass is 32.1. The Labute approximate surface area is 137 Å². The molecule has 1 amide bonds. The fourth-order valence-corrected chi connectivity index (χ4v) is 2.69. The number of piperazine rings is 1. The first-order valence-electron chi connectivity index (χ1n) is 7.58. The molecule has 1 fully saturated rings. The fourth-order valence-electron chi connectivity index (χ4n) is 2.53. The molecule has 120 valence electrons. The van der Waals surface area contributed by atoms with Crippen molar-refractivity contribution in [3.63, 3.8) is 0 Å². The summed E-state index contributed by atoms with van der Waals surface area (Å²) in [4.78, 5) is 16.3. The molecule has 1 saturated heterocycles. The quantitative estimate of drug-likeness (QED) is 0.838. The van der Waals surface area contributed by atoms with Gasteiger partial charge in [-0.25, -0.2) is 4.79 Å². The van der Waals surface area contributed by atoms with Crippen molar-refractivity contribution in [2.24, 2.45) is 5.73 Å². The predicted molar refractivity (Wildman–Crippen MR) is 90.8 cm³/mol. The number of carbonyl (C=O) groups excluding carboxylic acids is 1. The average molecular weight is 321 g/mol. The van der Waals surface area contributed by atoms with Gasteiger partial charge in [-0.3, -0.25) is 4.90 Å². The molecule has 0 spiro atoms. The van der Waals surface area contributed by atoms with Crippen molar-refractivity contribution in [2.45, 2.75) is 19.9 Å². The highest BCUT2D eigenvalue weighted by Gasteiger charge is 2.21. The monoisotopic (exact) mass is 321 g/mol. The molecule has 22 heavy (non-hydrogen) atoms. The van der Waals surface area contributed by atoms with Crippen LogP contribution in [0.25, 0.3) is 0 Å². The second-order valence-electron chi connectivity index (χ2n) is 5.42. The van der Waals surface area contributed by atoms with Gasteiger partial charge in [0.25, 0.3) is 0 Å². The van der Waals surface area contributed by atoms with E-state index < -0.39 is 0 Å². The number of nitrogens with zero attached hydrogens (tertiary/aromatic N) is 2. The maximum atomic E-state index is 11.7.